The van der Waals surface area contributed by atoms with Gasteiger partial charge in [0.05, 0.1) is 6.61 Å². The third kappa shape index (κ3) is 11.3. The summed E-state index contributed by atoms with van der Waals surface area (Å²) in [5.41, 5.74) is 5.26. The van der Waals surface area contributed by atoms with E-state index in [0.29, 0.717) is 4.90 Å². The second kappa shape index (κ2) is 15.6. The maximum atomic E-state index is 12.4. The van der Waals surface area contributed by atoms with E-state index >= 15 is 0 Å². The standard InChI is InChI=1S/C18H28N4O9S/c1-4-8-31-21-13(17(27)30-5-2)10-32-9-12(15(24)22(3)18(28)29)20-14(23)7-6-11(19)16(25)26/h4,11-12H,1,5-10,19H2,2-3H3,(H,20,23)(H,25,26)(H,28,29)/b21-13-. The summed E-state index contributed by atoms with van der Waals surface area (Å²) in [7, 11) is 1.02. The van der Waals surface area contributed by atoms with E-state index in [1.807, 2.05) is 0 Å². The van der Waals surface area contributed by atoms with Crippen molar-refractivity contribution < 1.29 is 43.8 Å². The summed E-state index contributed by atoms with van der Waals surface area (Å²) in [6.45, 7) is 5.21. The number of thioether (sulfide) groups is 1. The number of esters is 1. The van der Waals surface area contributed by atoms with E-state index in [-0.39, 0.29) is 43.3 Å². The van der Waals surface area contributed by atoms with Crippen LogP contribution in [0.15, 0.2) is 17.8 Å². The number of imide groups is 1. The molecule has 0 aromatic heterocycles. The first-order valence-electron chi connectivity index (χ1n) is 9.37. The van der Waals surface area contributed by atoms with Crippen LogP contribution in [0.2, 0.25) is 0 Å². The Balaban J connectivity index is 5.19. The number of carbonyl (C=O) groups excluding carboxylic acids is 3. The summed E-state index contributed by atoms with van der Waals surface area (Å²) in [6.07, 6.45) is -0.575. The number of nitrogens with one attached hydrogen (secondary N) is 1. The molecular weight excluding hydrogens is 448 g/mol. The Morgan fingerprint density at radius 2 is 1.94 bits per heavy atom. The predicted octanol–water partition coefficient (Wildman–Crippen LogP) is -0.345. The molecule has 3 amide bonds. The van der Waals surface area contributed by atoms with Crippen LogP contribution in [0.3, 0.4) is 0 Å². The minimum absolute atomic E-state index is 0.0482. The number of carbonyl (C=O) groups is 5. The van der Waals surface area contributed by atoms with Gasteiger partial charge in [0.15, 0.2) is 5.71 Å². The lowest BCUT2D eigenvalue weighted by Crippen LogP contribution is -2.50. The number of oxime groups is 1. The zero-order valence-electron chi connectivity index (χ0n) is 17.8. The first-order chi connectivity index (χ1) is 15.0. The van der Waals surface area contributed by atoms with E-state index in [9.17, 15) is 24.0 Å². The molecule has 0 aromatic carbocycles. The van der Waals surface area contributed by atoms with Crippen LogP contribution < -0.4 is 11.1 Å². The molecule has 5 N–H and O–H groups in total. The van der Waals surface area contributed by atoms with Crippen molar-refractivity contribution in [2.75, 3.05) is 31.8 Å². The monoisotopic (exact) mass is 476 g/mol. The highest BCUT2D eigenvalue weighted by molar-refractivity contribution is 8.00. The third-order valence-electron chi connectivity index (χ3n) is 3.65. The van der Waals surface area contributed by atoms with Crippen molar-refractivity contribution >= 4 is 47.3 Å². The van der Waals surface area contributed by atoms with E-state index in [0.717, 1.165) is 18.8 Å². The summed E-state index contributed by atoms with van der Waals surface area (Å²) < 4.78 is 4.88. The molecule has 0 rings (SSSR count). The molecule has 32 heavy (non-hydrogen) atoms. The molecule has 0 heterocycles. The minimum Gasteiger partial charge on any atom is -0.480 e. The average molecular weight is 477 g/mol. The fraction of sp³-hybridized carbons (Fsp3) is 0.556. The summed E-state index contributed by atoms with van der Waals surface area (Å²) in [5, 5.41) is 23.8. The predicted molar refractivity (Wildman–Crippen MR) is 115 cm³/mol. The van der Waals surface area contributed by atoms with Gasteiger partial charge >= 0.3 is 18.0 Å². The molecule has 2 unspecified atom stereocenters. The van der Waals surface area contributed by atoms with Crippen molar-refractivity contribution in [3.8, 4) is 0 Å². The van der Waals surface area contributed by atoms with Crippen LogP contribution in [-0.2, 0) is 28.8 Å². The summed E-state index contributed by atoms with van der Waals surface area (Å²) in [4.78, 5) is 63.7. The number of hydrogen-bond donors (Lipinski definition) is 4. The van der Waals surface area contributed by atoms with E-state index in [2.05, 4.69) is 17.1 Å². The van der Waals surface area contributed by atoms with Crippen LogP contribution in [-0.4, -0.2) is 94.5 Å². The van der Waals surface area contributed by atoms with Gasteiger partial charge in [0.1, 0.15) is 18.7 Å². The average Bonchev–Trinajstić information content (AvgIpc) is 2.74. The highest BCUT2D eigenvalue weighted by Gasteiger charge is 2.28. The molecule has 180 valence electrons. The molecule has 0 bridgehead atoms. The molecule has 0 aliphatic rings. The zero-order chi connectivity index (χ0) is 24.7. The Hall–Kier alpha value is -3.13. The number of nitrogens with zero attached hydrogens (tertiary/aromatic N) is 2. The van der Waals surface area contributed by atoms with Crippen LogP contribution in [0.1, 0.15) is 19.8 Å². The normalized spacial score (nSPS) is 12.8. The molecule has 14 heteroatoms. The Kier molecular flexibility index (Phi) is 14.1. The Bertz CT molecular complexity index is 729. The van der Waals surface area contributed by atoms with Crippen LogP contribution in [0.5, 0.6) is 0 Å². The highest BCUT2D eigenvalue weighted by Crippen LogP contribution is 2.09. The van der Waals surface area contributed by atoms with E-state index in [4.69, 9.17) is 25.5 Å². The van der Waals surface area contributed by atoms with Gasteiger partial charge in [0.25, 0.3) is 5.91 Å². The number of rotatable bonds is 15. The maximum Gasteiger partial charge on any atom is 0.413 e. The van der Waals surface area contributed by atoms with E-state index in [1.165, 1.54) is 6.08 Å². The van der Waals surface area contributed by atoms with Gasteiger partial charge in [-0.05, 0) is 13.3 Å². The van der Waals surface area contributed by atoms with Crippen LogP contribution in [0.25, 0.3) is 0 Å². The molecule has 0 saturated carbocycles. The van der Waals surface area contributed by atoms with Gasteiger partial charge in [-0.3, -0.25) is 14.4 Å². The maximum absolute atomic E-state index is 12.4. The second-order valence-corrected chi connectivity index (χ2v) is 7.17. The van der Waals surface area contributed by atoms with Crippen molar-refractivity contribution in [1.82, 2.24) is 10.2 Å². The van der Waals surface area contributed by atoms with Crippen molar-refractivity contribution in [3.05, 3.63) is 12.7 Å². The van der Waals surface area contributed by atoms with Crippen molar-refractivity contribution in [3.63, 3.8) is 0 Å². The number of hydrogen-bond acceptors (Lipinski definition) is 10. The molecule has 0 aromatic rings. The Morgan fingerprint density at radius 1 is 1.28 bits per heavy atom. The number of nitrogens with two attached hydrogens (primary N) is 1. The SMILES string of the molecule is C=CCO/N=C(/CSCC(NC(=O)CCC(N)C(=O)O)C(=O)N(C)C(=O)O)C(=O)OCC. The largest absolute Gasteiger partial charge is 0.480 e. The van der Waals surface area contributed by atoms with Crippen molar-refractivity contribution in [2.45, 2.75) is 31.8 Å². The van der Waals surface area contributed by atoms with Gasteiger partial charge in [0.2, 0.25) is 5.91 Å². The lowest BCUT2D eigenvalue weighted by molar-refractivity contribution is -0.139. The summed E-state index contributed by atoms with van der Waals surface area (Å²) >= 11 is 0.999. The van der Waals surface area contributed by atoms with Gasteiger partial charge in [0, 0.05) is 25.0 Å². The Labute approximate surface area is 188 Å². The van der Waals surface area contributed by atoms with Crippen molar-refractivity contribution in [1.29, 1.82) is 0 Å². The summed E-state index contributed by atoms with van der Waals surface area (Å²) in [5.74, 6) is -3.80. The topological polar surface area (TPSA) is 198 Å². The first-order valence-corrected chi connectivity index (χ1v) is 10.5. The van der Waals surface area contributed by atoms with Crippen LogP contribution in [0, 0.1) is 0 Å². The number of carboxylic acid groups (broad SMARTS) is 2. The van der Waals surface area contributed by atoms with Gasteiger partial charge in [-0.15, -0.1) is 0 Å². The van der Waals surface area contributed by atoms with E-state index < -0.39 is 41.9 Å². The smallest absolute Gasteiger partial charge is 0.413 e. The van der Waals surface area contributed by atoms with Crippen molar-refractivity contribution in [2.24, 2.45) is 10.9 Å². The number of amides is 3. The summed E-state index contributed by atoms with van der Waals surface area (Å²) in [6, 6.07) is -2.53. The molecule has 0 spiro atoms. The molecule has 0 fully saturated rings. The zero-order valence-corrected chi connectivity index (χ0v) is 18.6. The second-order valence-electron chi connectivity index (χ2n) is 6.14. The van der Waals surface area contributed by atoms with Gasteiger partial charge in [-0.25, -0.2) is 14.5 Å². The molecule has 2 atom stereocenters. The molecule has 0 radical (unpaired) electrons. The lowest BCUT2D eigenvalue weighted by Gasteiger charge is -2.21. The number of likely N-dealkylation sites (N-methyl/N-ethyl adjacent to an activating group) is 1. The third-order valence-corrected chi connectivity index (χ3v) is 4.70. The fourth-order valence-corrected chi connectivity index (χ4v) is 2.90. The molecular formula is C18H28N4O9S. The highest BCUT2D eigenvalue weighted by atomic mass is 32.2. The fourth-order valence-electron chi connectivity index (χ4n) is 1.96. The molecule has 0 saturated heterocycles. The van der Waals surface area contributed by atoms with Gasteiger partial charge in [-0.1, -0.05) is 17.8 Å². The number of carboxylic acids is 1. The van der Waals surface area contributed by atoms with E-state index in [1.54, 1.807) is 6.92 Å². The minimum atomic E-state index is -1.53. The molecule has 0 aliphatic carbocycles. The molecule has 0 aliphatic heterocycles. The quantitative estimate of drug-likeness (QED) is 0.0792. The van der Waals surface area contributed by atoms with Gasteiger partial charge in [-0.2, -0.15) is 11.8 Å². The Morgan fingerprint density at radius 3 is 2.47 bits per heavy atom. The first kappa shape index (κ1) is 28.9. The number of ether oxygens (including phenoxy) is 1. The number of aliphatic carboxylic acids is 1. The lowest BCUT2D eigenvalue weighted by atomic mass is 10.1. The van der Waals surface area contributed by atoms with Gasteiger partial charge < -0.3 is 30.8 Å². The van der Waals surface area contributed by atoms with Crippen LogP contribution in [0.4, 0.5) is 4.79 Å². The van der Waals surface area contributed by atoms with Crippen LogP contribution >= 0.6 is 11.8 Å². The molecule has 13 nitrogen and oxygen atoms in total.